The smallest absolute Gasteiger partial charge is 0.257 e. The molecule has 0 atom stereocenters. The molecule has 31 heavy (non-hydrogen) atoms. The fourth-order valence-corrected chi connectivity index (χ4v) is 4.09. The first kappa shape index (κ1) is 21.2. The van der Waals surface area contributed by atoms with Crippen LogP contribution < -0.4 is 5.32 Å². The molecule has 160 valence electrons. The number of nitrogens with one attached hydrogen (secondary N) is 1. The standard InChI is InChI=1S/C24H22ClF2N3O/c1-15-12-23(20(25)13-21(15)27)29-22-6-9-28-14-19(22)24(31)30-10-7-17(8-11-30)16-2-4-18(26)5-3-16/h2-6,9,12-14,17H,7-8,10-11H2,1H3,(H,28,29). The van der Waals surface area contributed by atoms with Crippen LogP contribution in [0.4, 0.5) is 20.2 Å². The number of carbonyl (C=O) groups excluding carboxylic acids is 1. The Labute approximate surface area is 184 Å². The number of aromatic nitrogens is 1. The average Bonchev–Trinajstić information content (AvgIpc) is 2.78. The van der Waals surface area contributed by atoms with Gasteiger partial charge in [-0.1, -0.05) is 23.7 Å². The van der Waals surface area contributed by atoms with E-state index in [1.165, 1.54) is 24.4 Å². The molecule has 2 heterocycles. The zero-order chi connectivity index (χ0) is 22.0. The first-order valence-corrected chi connectivity index (χ1v) is 10.5. The number of nitrogens with zero attached hydrogens (tertiary/aromatic N) is 2. The Kier molecular flexibility index (Phi) is 6.18. The van der Waals surface area contributed by atoms with Crippen molar-refractivity contribution >= 4 is 28.9 Å². The fraction of sp³-hybridized carbons (Fsp3) is 0.250. The summed E-state index contributed by atoms with van der Waals surface area (Å²) < 4.78 is 26.9. The summed E-state index contributed by atoms with van der Waals surface area (Å²) in [6.45, 7) is 2.86. The number of pyridine rings is 1. The molecular weight excluding hydrogens is 420 g/mol. The first-order chi connectivity index (χ1) is 14.9. The third kappa shape index (κ3) is 4.69. The van der Waals surface area contributed by atoms with E-state index in [0.717, 1.165) is 18.4 Å². The molecule has 0 saturated carbocycles. The van der Waals surface area contributed by atoms with Gasteiger partial charge in [-0.15, -0.1) is 0 Å². The lowest BCUT2D eigenvalue weighted by atomic mass is 9.89. The Morgan fingerprint density at radius 1 is 1.10 bits per heavy atom. The molecule has 0 spiro atoms. The van der Waals surface area contributed by atoms with Crippen LogP contribution in [0.2, 0.25) is 5.02 Å². The minimum atomic E-state index is -0.384. The highest BCUT2D eigenvalue weighted by Gasteiger charge is 2.26. The van der Waals surface area contributed by atoms with Gasteiger partial charge >= 0.3 is 0 Å². The van der Waals surface area contributed by atoms with Crippen LogP contribution in [0.25, 0.3) is 0 Å². The number of benzene rings is 2. The molecule has 1 amide bonds. The predicted molar refractivity (Wildman–Crippen MR) is 118 cm³/mol. The number of hydrogen-bond donors (Lipinski definition) is 1. The van der Waals surface area contributed by atoms with Gasteiger partial charge in [-0.3, -0.25) is 9.78 Å². The van der Waals surface area contributed by atoms with Crippen LogP contribution in [0.3, 0.4) is 0 Å². The highest BCUT2D eigenvalue weighted by molar-refractivity contribution is 6.33. The summed E-state index contributed by atoms with van der Waals surface area (Å²) in [7, 11) is 0. The third-order valence-electron chi connectivity index (χ3n) is 5.69. The number of hydrogen-bond acceptors (Lipinski definition) is 3. The summed E-state index contributed by atoms with van der Waals surface area (Å²) in [4.78, 5) is 19.1. The van der Waals surface area contributed by atoms with Gasteiger partial charge < -0.3 is 10.2 Å². The first-order valence-electron chi connectivity index (χ1n) is 10.1. The van der Waals surface area contributed by atoms with Gasteiger partial charge in [0.05, 0.1) is 22.0 Å². The molecule has 1 aromatic heterocycles. The van der Waals surface area contributed by atoms with Crippen molar-refractivity contribution in [3.05, 3.63) is 88.2 Å². The lowest BCUT2D eigenvalue weighted by Crippen LogP contribution is -2.38. The summed E-state index contributed by atoms with van der Waals surface area (Å²) in [5, 5.41) is 3.38. The Morgan fingerprint density at radius 2 is 1.81 bits per heavy atom. The zero-order valence-electron chi connectivity index (χ0n) is 17.0. The highest BCUT2D eigenvalue weighted by Crippen LogP contribution is 2.32. The van der Waals surface area contributed by atoms with Crippen molar-refractivity contribution in [2.75, 3.05) is 18.4 Å². The monoisotopic (exact) mass is 441 g/mol. The lowest BCUT2D eigenvalue weighted by molar-refractivity contribution is 0.0713. The maximum Gasteiger partial charge on any atom is 0.257 e. The Bertz CT molecular complexity index is 1100. The van der Waals surface area contributed by atoms with E-state index in [-0.39, 0.29) is 22.6 Å². The normalized spacial score (nSPS) is 14.5. The van der Waals surface area contributed by atoms with Crippen LogP contribution in [0.15, 0.2) is 54.9 Å². The number of halogens is 3. The summed E-state index contributed by atoms with van der Waals surface area (Å²) in [5.41, 5.74) is 3.07. The summed E-state index contributed by atoms with van der Waals surface area (Å²) in [6, 6.07) is 11.1. The van der Waals surface area contributed by atoms with Gasteiger partial charge in [0.15, 0.2) is 0 Å². The minimum absolute atomic E-state index is 0.122. The summed E-state index contributed by atoms with van der Waals surface area (Å²) in [5.74, 6) is -0.449. The van der Waals surface area contributed by atoms with Crippen LogP contribution in [-0.4, -0.2) is 28.9 Å². The van der Waals surface area contributed by atoms with E-state index in [4.69, 9.17) is 11.6 Å². The minimum Gasteiger partial charge on any atom is -0.354 e. The number of amides is 1. The van der Waals surface area contributed by atoms with Crippen molar-refractivity contribution in [1.29, 1.82) is 0 Å². The van der Waals surface area contributed by atoms with Crippen LogP contribution in [0, 0.1) is 18.6 Å². The van der Waals surface area contributed by atoms with Crippen LogP contribution in [0.1, 0.15) is 40.2 Å². The second-order valence-corrected chi connectivity index (χ2v) is 8.15. The van der Waals surface area contributed by atoms with E-state index in [2.05, 4.69) is 10.3 Å². The summed E-state index contributed by atoms with van der Waals surface area (Å²) in [6.07, 6.45) is 4.73. The maximum absolute atomic E-state index is 13.7. The molecule has 4 nitrogen and oxygen atoms in total. The number of piperidine rings is 1. The van der Waals surface area contributed by atoms with E-state index >= 15 is 0 Å². The molecule has 1 aliphatic heterocycles. The molecule has 2 aromatic carbocycles. The molecule has 3 aromatic rings. The largest absolute Gasteiger partial charge is 0.354 e. The van der Waals surface area contributed by atoms with Crippen LogP contribution in [0.5, 0.6) is 0 Å². The zero-order valence-corrected chi connectivity index (χ0v) is 17.8. The highest BCUT2D eigenvalue weighted by atomic mass is 35.5. The number of carbonyl (C=O) groups is 1. The van der Waals surface area contributed by atoms with Crippen molar-refractivity contribution in [3.63, 3.8) is 0 Å². The van der Waals surface area contributed by atoms with Gasteiger partial charge in [-0.05, 0) is 67.1 Å². The Hall–Kier alpha value is -2.99. The van der Waals surface area contributed by atoms with Gasteiger partial charge in [-0.25, -0.2) is 8.78 Å². The topological polar surface area (TPSA) is 45.2 Å². The van der Waals surface area contributed by atoms with Gasteiger partial charge in [0.1, 0.15) is 11.6 Å². The Morgan fingerprint density at radius 3 is 2.52 bits per heavy atom. The van der Waals surface area contributed by atoms with Crippen molar-refractivity contribution in [1.82, 2.24) is 9.88 Å². The van der Waals surface area contributed by atoms with E-state index in [1.54, 1.807) is 30.2 Å². The molecule has 1 fully saturated rings. The quantitative estimate of drug-likeness (QED) is 0.533. The molecule has 0 unspecified atom stereocenters. The molecule has 0 aliphatic carbocycles. The van der Waals surface area contributed by atoms with Crippen molar-refractivity contribution < 1.29 is 13.6 Å². The lowest BCUT2D eigenvalue weighted by Gasteiger charge is -2.32. The molecule has 1 saturated heterocycles. The number of anilines is 2. The van der Waals surface area contributed by atoms with Crippen LogP contribution in [-0.2, 0) is 0 Å². The molecular formula is C24H22ClF2N3O. The maximum atomic E-state index is 13.7. The molecule has 1 aliphatic rings. The molecule has 7 heteroatoms. The fourth-order valence-electron chi connectivity index (χ4n) is 3.89. The summed E-state index contributed by atoms with van der Waals surface area (Å²) >= 11 is 6.18. The second-order valence-electron chi connectivity index (χ2n) is 7.75. The third-order valence-corrected chi connectivity index (χ3v) is 6.01. The number of aryl methyl sites for hydroxylation is 1. The van der Waals surface area contributed by atoms with Gasteiger partial charge in [0, 0.05) is 25.5 Å². The van der Waals surface area contributed by atoms with E-state index in [1.807, 2.05) is 12.1 Å². The Balaban J connectivity index is 1.49. The molecule has 0 bridgehead atoms. The average molecular weight is 442 g/mol. The number of likely N-dealkylation sites (tertiary alicyclic amines) is 1. The van der Waals surface area contributed by atoms with Crippen LogP contribution >= 0.6 is 11.6 Å². The molecule has 4 rings (SSSR count). The van der Waals surface area contributed by atoms with Gasteiger partial charge in [-0.2, -0.15) is 0 Å². The van der Waals surface area contributed by atoms with Crippen molar-refractivity contribution in [2.24, 2.45) is 0 Å². The van der Waals surface area contributed by atoms with Gasteiger partial charge in [0.2, 0.25) is 0 Å². The molecule has 1 N–H and O–H groups in total. The number of rotatable bonds is 4. The van der Waals surface area contributed by atoms with E-state index < -0.39 is 0 Å². The SMILES string of the molecule is Cc1cc(Nc2ccncc2C(=O)N2CCC(c3ccc(F)cc3)CC2)c(Cl)cc1F. The molecule has 0 radical (unpaired) electrons. The van der Waals surface area contributed by atoms with Gasteiger partial charge in [0.25, 0.3) is 5.91 Å². The van der Waals surface area contributed by atoms with E-state index in [9.17, 15) is 13.6 Å². The van der Waals surface area contributed by atoms with Crippen molar-refractivity contribution in [3.8, 4) is 0 Å². The second kappa shape index (κ2) is 9.02. The van der Waals surface area contributed by atoms with E-state index in [0.29, 0.717) is 41.5 Å². The van der Waals surface area contributed by atoms with Crippen molar-refractivity contribution in [2.45, 2.75) is 25.7 Å². The predicted octanol–water partition coefficient (Wildman–Crippen LogP) is 6.09.